The van der Waals surface area contributed by atoms with Gasteiger partial charge in [-0.3, -0.25) is 5.14 Å². The van der Waals surface area contributed by atoms with Crippen LogP contribution in [0, 0.1) is 0 Å². The highest BCUT2D eigenvalue weighted by molar-refractivity contribution is 7.97. The number of carboxylic acid groups (broad SMARTS) is 1. The maximum Gasteiger partial charge on any atom is 0.341 e. The Labute approximate surface area is 79.8 Å². The van der Waals surface area contributed by atoms with Crippen LogP contribution in [0.25, 0.3) is 0 Å². The zero-order chi connectivity index (χ0) is 9.68. The lowest BCUT2D eigenvalue weighted by atomic mass is 10.3. The highest BCUT2D eigenvalue weighted by Gasteiger charge is 1.99. The summed E-state index contributed by atoms with van der Waals surface area (Å²) in [6.07, 6.45) is 0. The first-order valence-corrected chi connectivity index (χ1v) is 4.41. The highest BCUT2D eigenvalue weighted by atomic mass is 32.2. The fourth-order valence-corrected chi connectivity index (χ4v) is 1.12. The molecule has 0 aromatic heterocycles. The van der Waals surface area contributed by atoms with E-state index in [1.165, 1.54) is 0 Å². The molecule has 0 atom stereocenters. The van der Waals surface area contributed by atoms with Gasteiger partial charge in [-0.1, -0.05) is 6.07 Å². The van der Waals surface area contributed by atoms with Crippen molar-refractivity contribution in [3.8, 4) is 5.75 Å². The second-order valence-corrected chi connectivity index (χ2v) is 2.98. The maximum atomic E-state index is 10.2. The van der Waals surface area contributed by atoms with Gasteiger partial charge in [-0.2, -0.15) is 0 Å². The Balaban J connectivity index is 2.61. The summed E-state index contributed by atoms with van der Waals surface area (Å²) >= 11 is 1.09. The Morgan fingerprint density at radius 1 is 1.62 bits per heavy atom. The Hall–Kier alpha value is -1.20. The van der Waals surface area contributed by atoms with Crippen LogP contribution in [0.4, 0.5) is 0 Å². The number of nitrogens with two attached hydrogens (primary N) is 1. The molecule has 5 heteroatoms. The van der Waals surface area contributed by atoms with Crippen LogP contribution in [0.15, 0.2) is 29.2 Å². The largest absolute Gasteiger partial charge is 0.482 e. The quantitative estimate of drug-likeness (QED) is 0.711. The van der Waals surface area contributed by atoms with E-state index < -0.39 is 5.97 Å². The molecular weight excluding hydrogens is 190 g/mol. The summed E-state index contributed by atoms with van der Waals surface area (Å²) in [4.78, 5) is 11.0. The van der Waals surface area contributed by atoms with Gasteiger partial charge in [0, 0.05) is 4.90 Å². The molecule has 0 unspecified atom stereocenters. The van der Waals surface area contributed by atoms with Crippen LogP contribution in [-0.2, 0) is 4.79 Å². The molecule has 0 saturated heterocycles. The summed E-state index contributed by atoms with van der Waals surface area (Å²) in [5.41, 5.74) is 0. The van der Waals surface area contributed by atoms with E-state index in [9.17, 15) is 4.79 Å². The Kier molecular flexibility index (Phi) is 3.60. The fraction of sp³-hybridized carbons (Fsp3) is 0.125. The molecule has 0 bridgehead atoms. The number of hydrogen-bond acceptors (Lipinski definition) is 4. The maximum absolute atomic E-state index is 10.2. The minimum Gasteiger partial charge on any atom is -0.482 e. The van der Waals surface area contributed by atoms with E-state index in [1.807, 2.05) is 6.07 Å². The van der Waals surface area contributed by atoms with Crippen LogP contribution in [-0.4, -0.2) is 17.7 Å². The molecule has 0 fully saturated rings. The third-order valence-corrected chi connectivity index (χ3v) is 1.83. The molecule has 1 rings (SSSR count). The van der Waals surface area contributed by atoms with Gasteiger partial charge in [0.2, 0.25) is 0 Å². The van der Waals surface area contributed by atoms with Gasteiger partial charge in [-0.15, -0.1) is 0 Å². The summed E-state index contributed by atoms with van der Waals surface area (Å²) in [7, 11) is 0. The number of carbonyl (C=O) groups is 1. The van der Waals surface area contributed by atoms with E-state index in [1.54, 1.807) is 18.2 Å². The molecular formula is C8H9NO3S. The topological polar surface area (TPSA) is 72.5 Å². The molecule has 0 amide bonds. The minimum atomic E-state index is -0.995. The lowest BCUT2D eigenvalue weighted by molar-refractivity contribution is -0.139. The molecule has 0 aliphatic heterocycles. The zero-order valence-corrected chi connectivity index (χ0v) is 7.58. The zero-order valence-electron chi connectivity index (χ0n) is 6.77. The molecule has 0 spiro atoms. The van der Waals surface area contributed by atoms with Crippen molar-refractivity contribution in [1.29, 1.82) is 0 Å². The lowest BCUT2D eigenvalue weighted by Gasteiger charge is -2.03. The van der Waals surface area contributed by atoms with Crippen molar-refractivity contribution >= 4 is 17.9 Å². The molecule has 0 heterocycles. The molecule has 3 N–H and O–H groups in total. The van der Waals surface area contributed by atoms with Gasteiger partial charge in [0.15, 0.2) is 6.61 Å². The van der Waals surface area contributed by atoms with Crippen molar-refractivity contribution in [3.05, 3.63) is 24.3 Å². The van der Waals surface area contributed by atoms with Crippen LogP contribution in [0.3, 0.4) is 0 Å². The second-order valence-electron chi connectivity index (χ2n) is 2.28. The Bertz CT molecular complexity index is 303. The summed E-state index contributed by atoms with van der Waals surface area (Å²) in [5, 5.41) is 13.7. The van der Waals surface area contributed by atoms with Gasteiger partial charge in [0.05, 0.1) is 0 Å². The van der Waals surface area contributed by atoms with Gasteiger partial charge in [-0.05, 0) is 30.1 Å². The number of aliphatic carboxylic acids is 1. The number of carboxylic acids is 1. The van der Waals surface area contributed by atoms with Crippen molar-refractivity contribution in [2.45, 2.75) is 4.90 Å². The number of benzene rings is 1. The molecule has 0 radical (unpaired) electrons. The number of rotatable bonds is 4. The lowest BCUT2D eigenvalue weighted by Crippen LogP contribution is -2.09. The van der Waals surface area contributed by atoms with Gasteiger partial charge >= 0.3 is 5.97 Å². The predicted octanol–water partition coefficient (Wildman–Crippen LogP) is 1.12. The first-order valence-electron chi connectivity index (χ1n) is 3.54. The van der Waals surface area contributed by atoms with Crippen LogP contribution in [0.2, 0.25) is 0 Å². The van der Waals surface area contributed by atoms with E-state index in [4.69, 9.17) is 15.0 Å². The normalized spacial score (nSPS) is 9.62. The van der Waals surface area contributed by atoms with Gasteiger partial charge in [0.25, 0.3) is 0 Å². The van der Waals surface area contributed by atoms with Crippen molar-refractivity contribution < 1.29 is 14.6 Å². The average molecular weight is 199 g/mol. The second kappa shape index (κ2) is 4.74. The highest BCUT2D eigenvalue weighted by Crippen LogP contribution is 2.18. The molecule has 0 aliphatic rings. The van der Waals surface area contributed by atoms with Crippen LogP contribution < -0.4 is 9.88 Å². The first-order chi connectivity index (χ1) is 6.22. The molecule has 0 saturated carbocycles. The first kappa shape index (κ1) is 9.88. The minimum absolute atomic E-state index is 0.335. The van der Waals surface area contributed by atoms with Crippen molar-refractivity contribution in [1.82, 2.24) is 0 Å². The Morgan fingerprint density at radius 2 is 2.38 bits per heavy atom. The third-order valence-electron chi connectivity index (χ3n) is 1.30. The van der Waals surface area contributed by atoms with Crippen LogP contribution >= 0.6 is 11.9 Å². The van der Waals surface area contributed by atoms with Gasteiger partial charge < -0.3 is 9.84 Å². The van der Waals surface area contributed by atoms with E-state index in [2.05, 4.69) is 0 Å². The van der Waals surface area contributed by atoms with Gasteiger partial charge in [-0.25, -0.2) is 4.79 Å². The van der Waals surface area contributed by atoms with Crippen molar-refractivity contribution in [2.75, 3.05) is 6.61 Å². The summed E-state index contributed by atoms with van der Waals surface area (Å²) in [5.74, 6) is -0.483. The predicted molar refractivity (Wildman–Crippen MR) is 49.6 cm³/mol. The van der Waals surface area contributed by atoms with Gasteiger partial charge in [0.1, 0.15) is 5.75 Å². The molecule has 1 aromatic carbocycles. The smallest absolute Gasteiger partial charge is 0.341 e. The molecule has 1 aromatic rings. The van der Waals surface area contributed by atoms with E-state index in [-0.39, 0.29) is 6.61 Å². The summed E-state index contributed by atoms with van der Waals surface area (Å²) < 4.78 is 4.94. The molecule has 13 heavy (non-hydrogen) atoms. The monoisotopic (exact) mass is 199 g/mol. The average Bonchev–Trinajstić information content (AvgIpc) is 2.15. The Morgan fingerprint density at radius 3 is 3.00 bits per heavy atom. The van der Waals surface area contributed by atoms with E-state index >= 15 is 0 Å². The van der Waals surface area contributed by atoms with Crippen molar-refractivity contribution in [2.24, 2.45) is 5.14 Å². The fourth-order valence-electron chi connectivity index (χ4n) is 0.782. The number of hydrogen-bond donors (Lipinski definition) is 2. The number of ether oxygens (including phenoxy) is 1. The molecule has 0 aliphatic carbocycles. The van der Waals surface area contributed by atoms with Crippen LogP contribution in [0.1, 0.15) is 0 Å². The van der Waals surface area contributed by atoms with E-state index in [0.717, 1.165) is 16.8 Å². The summed E-state index contributed by atoms with van der Waals surface area (Å²) in [6.45, 7) is -0.335. The third kappa shape index (κ3) is 3.35. The standard InChI is InChI=1S/C8H9NO3S/c9-13-7-3-1-2-6(4-7)12-5-8(10)11/h1-4H,5,9H2,(H,10,11). The SMILES string of the molecule is NSc1cccc(OCC(=O)O)c1. The molecule has 70 valence electrons. The molecule has 4 nitrogen and oxygen atoms in total. The van der Waals surface area contributed by atoms with Crippen LogP contribution in [0.5, 0.6) is 5.75 Å². The van der Waals surface area contributed by atoms with E-state index in [0.29, 0.717) is 5.75 Å². The van der Waals surface area contributed by atoms with Crippen molar-refractivity contribution in [3.63, 3.8) is 0 Å². The summed E-state index contributed by atoms with van der Waals surface area (Å²) in [6, 6.07) is 6.95.